The minimum atomic E-state index is -4.68. The standard InChI is InChI=1S/C37H50F3N3O10/c1-3-5-9-16-35(17-10-6-4-2)51-29-26-21-36(34(48)42-18-15-27(45)41-19-20-44)31(33(47)50-26)43(53-32(36)30(29)52-35)22-25-12-8-7-11-24(25)13-14-28(46)49-23-37(38,39)40/h7-8,11-14,26,29-32,44H,3-6,9-10,15-23H2,1-2H3,(H,41,45)(H,42,48)/t26?,29-,30-,31-,32+,36?/m0/s1. The molecule has 2 unspecified atom stereocenters. The molecule has 13 nitrogen and oxygen atoms in total. The summed E-state index contributed by atoms with van der Waals surface area (Å²) in [4.78, 5) is 59.4. The van der Waals surface area contributed by atoms with Gasteiger partial charge in [-0.05, 0) is 30.0 Å². The van der Waals surface area contributed by atoms with Crippen molar-refractivity contribution >= 4 is 29.8 Å². The molecular formula is C37H50F3N3O10. The van der Waals surface area contributed by atoms with Gasteiger partial charge in [-0.25, -0.2) is 4.79 Å². The number of benzene rings is 1. The number of nitrogens with one attached hydrogen (secondary N) is 2. The number of esters is 2. The minimum absolute atomic E-state index is 0.0432. The molecule has 1 aromatic rings. The zero-order valence-electron chi connectivity index (χ0n) is 30.2. The Bertz CT molecular complexity index is 1480. The lowest BCUT2D eigenvalue weighted by molar-refractivity contribution is -0.224. The average molecular weight is 754 g/mol. The maximum absolute atomic E-state index is 14.4. The Balaban J connectivity index is 1.45. The first-order chi connectivity index (χ1) is 25.4. The zero-order valence-corrected chi connectivity index (χ0v) is 30.2. The fraction of sp³-hybridized carbons (Fsp3) is 0.676. The summed E-state index contributed by atoms with van der Waals surface area (Å²) in [6.07, 6.45) is 1.12. The lowest BCUT2D eigenvalue weighted by atomic mass is 9.62. The molecule has 294 valence electrons. The van der Waals surface area contributed by atoms with Gasteiger partial charge in [0.05, 0.1) is 13.2 Å². The number of carbonyl (C=O) groups excluding carboxylic acids is 4. The first-order valence-corrected chi connectivity index (χ1v) is 18.5. The molecule has 1 aliphatic carbocycles. The Hall–Kier alpha value is -3.57. The van der Waals surface area contributed by atoms with Crippen molar-refractivity contribution < 1.29 is 61.2 Å². The number of carbonyl (C=O) groups is 4. The van der Waals surface area contributed by atoms with Crippen molar-refractivity contribution in [3.05, 3.63) is 41.5 Å². The van der Waals surface area contributed by atoms with Crippen LogP contribution in [0, 0.1) is 5.41 Å². The number of rotatable bonds is 19. The lowest BCUT2D eigenvalue weighted by Gasteiger charge is -2.48. The van der Waals surface area contributed by atoms with Gasteiger partial charge in [-0.15, -0.1) is 0 Å². The molecule has 0 spiro atoms. The van der Waals surface area contributed by atoms with E-state index in [1.807, 2.05) is 0 Å². The second kappa shape index (κ2) is 17.7. The fourth-order valence-corrected chi connectivity index (χ4v) is 7.80. The molecule has 3 N–H and O–H groups in total. The summed E-state index contributed by atoms with van der Waals surface area (Å²) in [7, 11) is 0. The Morgan fingerprint density at radius 2 is 1.72 bits per heavy atom. The van der Waals surface area contributed by atoms with E-state index in [0.29, 0.717) is 24.0 Å². The maximum atomic E-state index is 14.4. The van der Waals surface area contributed by atoms with E-state index in [1.165, 1.54) is 11.1 Å². The highest BCUT2D eigenvalue weighted by Crippen LogP contribution is 2.58. The third-order valence-electron chi connectivity index (χ3n) is 10.2. The molecule has 3 aliphatic heterocycles. The van der Waals surface area contributed by atoms with Gasteiger partial charge in [0.2, 0.25) is 11.8 Å². The van der Waals surface area contributed by atoms with E-state index in [0.717, 1.165) is 44.6 Å². The molecule has 4 fully saturated rings. The van der Waals surface area contributed by atoms with Gasteiger partial charge >= 0.3 is 18.1 Å². The molecule has 16 heteroatoms. The molecule has 1 saturated carbocycles. The molecule has 3 heterocycles. The molecule has 2 bridgehead atoms. The van der Waals surface area contributed by atoms with E-state index >= 15 is 0 Å². The fourth-order valence-electron chi connectivity index (χ4n) is 7.80. The first kappa shape index (κ1) is 40.6. The topological polar surface area (TPSA) is 162 Å². The number of fused-ring (bicyclic) bond motifs is 4. The smallest absolute Gasteiger partial charge is 0.422 e. The molecule has 53 heavy (non-hydrogen) atoms. The number of hydroxylamine groups is 2. The second-order valence-corrected chi connectivity index (χ2v) is 14.0. The number of alkyl halides is 3. The molecule has 2 amide bonds. The highest BCUT2D eigenvalue weighted by Gasteiger charge is 2.76. The summed E-state index contributed by atoms with van der Waals surface area (Å²) in [5.41, 5.74) is -0.527. The predicted molar refractivity (Wildman–Crippen MR) is 182 cm³/mol. The number of amides is 2. The van der Waals surface area contributed by atoms with Crippen LogP contribution in [0.1, 0.15) is 89.2 Å². The number of unbranched alkanes of at least 4 members (excludes halogenated alkanes) is 4. The van der Waals surface area contributed by atoms with Gasteiger partial charge in [-0.3, -0.25) is 19.2 Å². The van der Waals surface area contributed by atoms with Crippen LogP contribution in [0.15, 0.2) is 30.3 Å². The number of hydrogen-bond donors (Lipinski definition) is 3. The summed E-state index contributed by atoms with van der Waals surface area (Å²) in [6, 6.07) is 5.48. The number of aliphatic hydroxyl groups excluding tert-OH is 1. The van der Waals surface area contributed by atoms with E-state index in [1.54, 1.807) is 24.3 Å². The van der Waals surface area contributed by atoms with E-state index in [-0.39, 0.29) is 45.0 Å². The summed E-state index contributed by atoms with van der Waals surface area (Å²) < 4.78 is 61.7. The number of halogens is 3. The average Bonchev–Trinajstić information content (AvgIpc) is 3.67. The third-order valence-corrected chi connectivity index (χ3v) is 10.2. The second-order valence-electron chi connectivity index (χ2n) is 14.0. The first-order valence-electron chi connectivity index (χ1n) is 18.5. The Kier molecular flexibility index (Phi) is 13.6. The monoisotopic (exact) mass is 753 g/mol. The van der Waals surface area contributed by atoms with E-state index in [9.17, 15) is 32.3 Å². The van der Waals surface area contributed by atoms with E-state index in [4.69, 9.17) is 24.2 Å². The van der Waals surface area contributed by atoms with Gasteiger partial charge in [-0.2, -0.15) is 18.2 Å². The summed E-state index contributed by atoms with van der Waals surface area (Å²) >= 11 is 0. The maximum Gasteiger partial charge on any atom is 0.422 e. The van der Waals surface area contributed by atoms with Crippen LogP contribution in [0.5, 0.6) is 0 Å². The van der Waals surface area contributed by atoms with Crippen molar-refractivity contribution in [1.82, 2.24) is 15.7 Å². The van der Waals surface area contributed by atoms with Crippen molar-refractivity contribution in [1.29, 1.82) is 0 Å². The SMILES string of the molecule is CCCCCC1(CCCCC)O[C@@H]2[C@H]3ON(Cc4ccccc4C=CC(=O)OCC(F)(F)F)[C@H]4C(=O)OC(CC34C(=O)NCCC(=O)NCCO)[C@@H]2O1. The van der Waals surface area contributed by atoms with Crippen LogP contribution in [0.2, 0.25) is 0 Å². The summed E-state index contributed by atoms with van der Waals surface area (Å²) in [5, 5.41) is 15.8. The van der Waals surface area contributed by atoms with Gasteiger partial charge in [-0.1, -0.05) is 63.8 Å². The Morgan fingerprint density at radius 1 is 1.02 bits per heavy atom. The largest absolute Gasteiger partial charge is 0.458 e. The van der Waals surface area contributed by atoms with Gasteiger partial charge < -0.3 is 34.7 Å². The molecule has 5 rings (SSSR count). The van der Waals surface area contributed by atoms with Gasteiger partial charge in [0.25, 0.3) is 0 Å². The molecule has 3 saturated heterocycles. The van der Waals surface area contributed by atoms with Crippen LogP contribution < -0.4 is 10.6 Å². The van der Waals surface area contributed by atoms with Crippen LogP contribution in [0.3, 0.4) is 0 Å². The lowest BCUT2D eigenvalue weighted by Crippen LogP contribution is -2.69. The van der Waals surface area contributed by atoms with Crippen LogP contribution >= 0.6 is 0 Å². The molecular weight excluding hydrogens is 703 g/mol. The van der Waals surface area contributed by atoms with Crippen molar-refractivity contribution in [2.45, 2.75) is 127 Å². The molecule has 4 aliphatic rings. The van der Waals surface area contributed by atoms with Gasteiger partial charge in [0.1, 0.15) is 29.8 Å². The molecule has 6 atom stereocenters. The molecule has 0 aromatic heterocycles. The highest BCUT2D eigenvalue weighted by atomic mass is 19.4. The van der Waals surface area contributed by atoms with E-state index < -0.39 is 72.3 Å². The quantitative estimate of drug-likeness (QED) is 0.107. The van der Waals surface area contributed by atoms with Crippen molar-refractivity contribution in [3.8, 4) is 0 Å². The summed E-state index contributed by atoms with van der Waals surface area (Å²) in [6.45, 7) is 2.21. The van der Waals surface area contributed by atoms with Crippen LogP contribution in [-0.2, 0) is 49.5 Å². The molecule has 1 aromatic carbocycles. The third kappa shape index (κ3) is 9.39. The normalized spacial score (nSPS) is 27.4. The van der Waals surface area contributed by atoms with Crippen molar-refractivity contribution in [2.75, 3.05) is 26.3 Å². The van der Waals surface area contributed by atoms with E-state index in [2.05, 4.69) is 29.2 Å². The van der Waals surface area contributed by atoms with Crippen LogP contribution in [0.25, 0.3) is 6.08 Å². The Labute approximate surface area is 306 Å². The number of hydrogen-bond acceptors (Lipinski definition) is 11. The number of nitrogens with zero attached hydrogens (tertiary/aromatic N) is 1. The summed E-state index contributed by atoms with van der Waals surface area (Å²) in [5.74, 6) is -3.72. The zero-order chi connectivity index (χ0) is 38.2. The predicted octanol–water partition coefficient (Wildman–Crippen LogP) is 3.86. The highest BCUT2D eigenvalue weighted by molar-refractivity contribution is 5.94. The van der Waals surface area contributed by atoms with Crippen LogP contribution in [0.4, 0.5) is 13.2 Å². The Morgan fingerprint density at radius 3 is 2.40 bits per heavy atom. The van der Waals surface area contributed by atoms with Crippen LogP contribution in [-0.4, -0.2) is 103 Å². The number of ether oxygens (including phenoxy) is 4. The minimum Gasteiger partial charge on any atom is -0.458 e. The van der Waals surface area contributed by atoms with Gasteiger partial charge in [0, 0.05) is 44.8 Å². The van der Waals surface area contributed by atoms with Crippen molar-refractivity contribution in [2.24, 2.45) is 5.41 Å². The van der Waals surface area contributed by atoms with Gasteiger partial charge in [0.15, 0.2) is 18.4 Å². The molecule has 0 radical (unpaired) electrons. The van der Waals surface area contributed by atoms with Crippen molar-refractivity contribution in [3.63, 3.8) is 0 Å². The number of aliphatic hydroxyl groups is 1.